The van der Waals surface area contributed by atoms with Crippen LogP contribution < -0.4 is 5.32 Å². The van der Waals surface area contributed by atoms with Crippen LogP contribution in [0.5, 0.6) is 0 Å². The van der Waals surface area contributed by atoms with Crippen molar-refractivity contribution in [1.82, 2.24) is 5.32 Å². The quantitative estimate of drug-likeness (QED) is 0.580. The van der Waals surface area contributed by atoms with Crippen molar-refractivity contribution in [2.75, 3.05) is 12.8 Å². The van der Waals surface area contributed by atoms with E-state index in [1.54, 1.807) is 0 Å². The average Bonchev–Trinajstić information content (AvgIpc) is 2.28. The minimum Gasteiger partial charge on any atom is -0.317 e. The van der Waals surface area contributed by atoms with Gasteiger partial charge in [0, 0.05) is 16.0 Å². The van der Waals surface area contributed by atoms with Crippen LogP contribution in [-0.4, -0.2) is 18.8 Å². The van der Waals surface area contributed by atoms with Crippen molar-refractivity contribution in [1.29, 1.82) is 0 Å². The maximum Gasteiger partial charge on any atom is 0.0417 e. The van der Waals surface area contributed by atoms with Crippen LogP contribution in [0.1, 0.15) is 26.2 Å². The molecule has 1 nitrogen and oxygen atoms in total. The topological polar surface area (TPSA) is 12.0 Å². The van der Waals surface area contributed by atoms with Crippen LogP contribution in [0.4, 0.5) is 0 Å². The number of nitrogens with one attached hydrogen (secondary N) is 1. The minimum atomic E-state index is 0.635. The Bertz CT molecular complexity index is 304. The van der Waals surface area contributed by atoms with Gasteiger partial charge in [0.05, 0.1) is 0 Å². The smallest absolute Gasteiger partial charge is 0.0417 e. The lowest BCUT2D eigenvalue weighted by molar-refractivity contribution is 0.539. The molecule has 3 heteroatoms. The standard InChI is InChI=1S/C13H20ClNS/c1-11(15-2)6-3-4-9-16-13-8-5-7-12(14)10-13/h5,7-8,10-11,15H,3-4,6,9H2,1-2H3. The molecule has 1 aromatic carbocycles. The second-order valence-electron chi connectivity index (χ2n) is 3.99. The number of rotatable bonds is 7. The summed E-state index contributed by atoms with van der Waals surface area (Å²) in [4.78, 5) is 1.27. The number of benzene rings is 1. The van der Waals surface area contributed by atoms with Crippen LogP contribution in [0.25, 0.3) is 0 Å². The molecule has 0 aromatic heterocycles. The van der Waals surface area contributed by atoms with Crippen molar-refractivity contribution in [3.63, 3.8) is 0 Å². The zero-order chi connectivity index (χ0) is 11.8. The molecular weight excluding hydrogens is 238 g/mol. The Morgan fingerprint density at radius 1 is 1.38 bits per heavy atom. The molecule has 0 bridgehead atoms. The zero-order valence-corrected chi connectivity index (χ0v) is 11.6. The summed E-state index contributed by atoms with van der Waals surface area (Å²) in [7, 11) is 2.02. The van der Waals surface area contributed by atoms with Crippen LogP contribution in [0.3, 0.4) is 0 Å². The highest BCUT2D eigenvalue weighted by atomic mass is 35.5. The van der Waals surface area contributed by atoms with Crippen molar-refractivity contribution in [3.05, 3.63) is 29.3 Å². The molecule has 0 saturated heterocycles. The molecule has 1 N–H and O–H groups in total. The lowest BCUT2D eigenvalue weighted by atomic mass is 10.1. The summed E-state index contributed by atoms with van der Waals surface area (Å²) >= 11 is 7.81. The predicted molar refractivity (Wildman–Crippen MR) is 74.5 cm³/mol. The van der Waals surface area contributed by atoms with E-state index in [0.29, 0.717) is 6.04 Å². The highest BCUT2D eigenvalue weighted by Crippen LogP contribution is 2.22. The third-order valence-electron chi connectivity index (χ3n) is 2.59. The molecule has 0 aliphatic rings. The molecule has 0 aliphatic carbocycles. The molecule has 1 atom stereocenters. The number of thioether (sulfide) groups is 1. The van der Waals surface area contributed by atoms with Gasteiger partial charge >= 0.3 is 0 Å². The lowest BCUT2D eigenvalue weighted by Gasteiger charge is -2.09. The van der Waals surface area contributed by atoms with E-state index < -0.39 is 0 Å². The van der Waals surface area contributed by atoms with Gasteiger partial charge in [-0.05, 0) is 50.8 Å². The van der Waals surface area contributed by atoms with Gasteiger partial charge in [-0.25, -0.2) is 0 Å². The summed E-state index contributed by atoms with van der Waals surface area (Å²) in [6, 6.07) is 8.71. The Hall–Kier alpha value is -0.180. The second-order valence-corrected chi connectivity index (χ2v) is 5.60. The fourth-order valence-electron chi connectivity index (χ4n) is 1.44. The lowest BCUT2D eigenvalue weighted by Crippen LogP contribution is -2.20. The fourth-order valence-corrected chi connectivity index (χ4v) is 2.67. The molecule has 90 valence electrons. The summed E-state index contributed by atoms with van der Waals surface area (Å²) in [5, 5.41) is 4.08. The first-order valence-corrected chi connectivity index (χ1v) is 7.14. The van der Waals surface area contributed by atoms with Gasteiger partial charge < -0.3 is 5.32 Å². The predicted octanol–water partition coefficient (Wildman–Crippen LogP) is 4.21. The number of halogens is 1. The molecule has 0 fully saturated rings. The summed E-state index contributed by atoms with van der Waals surface area (Å²) in [5.74, 6) is 1.18. The van der Waals surface area contributed by atoms with Crippen LogP contribution in [-0.2, 0) is 0 Å². The SMILES string of the molecule is CNC(C)CCCCSc1cccc(Cl)c1. The summed E-state index contributed by atoms with van der Waals surface area (Å²) < 4.78 is 0. The number of hydrogen-bond acceptors (Lipinski definition) is 2. The number of unbranched alkanes of at least 4 members (excludes halogenated alkanes) is 1. The van der Waals surface area contributed by atoms with Gasteiger partial charge in [0.1, 0.15) is 0 Å². The molecular formula is C13H20ClNS. The van der Waals surface area contributed by atoms with Gasteiger partial charge in [-0.15, -0.1) is 11.8 Å². The van der Waals surface area contributed by atoms with Gasteiger partial charge in [-0.1, -0.05) is 24.1 Å². The molecule has 0 radical (unpaired) electrons. The van der Waals surface area contributed by atoms with Crippen molar-refractivity contribution in [2.24, 2.45) is 0 Å². The molecule has 0 aliphatic heterocycles. The van der Waals surface area contributed by atoms with E-state index in [4.69, 9.17) is 11.6 Å². The zero-order valence-electron chi connectivity index (χ0n) is 10.0. The Kier molecular flexibility index (Phi) is 6.93. The molecule has 1 aromatic rings. The van der Waals surface area contributed by atoms with Gasteiger partial charge in [0.15, 0.2) is 0 Å². The van der Waals surface area contributed by atoms with E-state index in [1.807, 2.05) is 37.0 Å². The van der Waals surface area contributed by atoms with Crippen molar-refractivity contribution >= 4 is 23.4 Å². The Morgan fingerprint density at radius 3 is 2.88 bits per heavy atom. The summed E-state index contributed by atoms with van der Waals surface area (Å²) in [6.07, 6.45) is 3.81. The van der Waals surface area contributed by atoms with Crippen LogP contribution in [0.2, 0.25) is 5.02 Å². The summed E-state index contributed by atoms with van der Waals surface area (Å²) in [5.41, 5.74) is 0. The van der Waals surface area contributed by atoms with Gasteiger partial charge in [-0.3, -0.25) is 0 Å². The largest absolute Gasteiger partial charge is 0.317 e. The molecule has 16 heavy (non-hydrogen) atoms. The molecule has 0 spiro atoms. The van der Waals surface area contributed by atoms with Crippen molar-refractivity contribution in [3.8, 4) is 0 Å². The van der Waals surface area contributed by atoms with Gasteiger partial charge in [0.25, 0.3) is 0 Å². The highest BCUT2D eigenvalue weighted by Gasteiger charge is 1.98. The van der Waals surface area contributed by atoms with Crippen LogP contribution in [0.15, 0.2) is 29.2 Å². The monoisotopic (exact) mass is 257 g/mol. The maximum atomic E-state index is 5.92. The molecule has 0 amide bonds. The molecule has 0 heterocycles. The van der Waals surface area contributed by atoms with Crippen molar-refractivity contribution < 1.29 is 0 Å². The normalized spacial score (nSPS) is 12.7. The first-order valence-electron chi connectivity index (χ1n) is 5.78. The third kappa shape index (κ3) is 5.78. The Balaban J connectivity index is 2.12. The first kappa shape index (κ1) is 13.9. The van der Waals surface area contributed by atoms with Gasteiger partial charge in [0.2, 0.25) is 0 Å². The van der Waals surface area contributed by atoms with E-state index >= 15 is 0 Å². The fraction of sp³-hybridized carbons (Fsp3) is 0.538. The summed E-state index contributed by atoms with van der Waals surface area (Å²) in [6.45, 7) is 2.23. The number of hydrogen-bond donors (Lipinski definition) is 1. The van der Waals surface area contributed by atoms with Crippen LogP contribution >= 0.6 is 23.4 Å². The Morgan fingerprint density at radius 2 is 2.19 bits per heavy atom. The van der Waals surface area contributed by atoms with E-state index in [2.05, 4.69) is 18.3 Å². The highest BCUT2D eigenvalue weighted by molar-refractivity contribution is 7.99. The molecule has 1 unspecified atom stereocenters. The minimum absolute atomic E-state index is 0.635. The maximum absolute atomic E-state index is 5.92. The third-order valence-corrected chi connectivity index (χ3v) is 3.90. The van der Waals surface area contributed by atoms with E-state index in [0.717, 1.165) is 5.02 Å². The second kappa shape index (κ2) is 7.99. The molecule has 1 rings (SSSR count). The van der Waals surface area contributed by atoms with Crippen LogP contribution in [0, 0.1) is 0 Å². The van der Waals surface area contributed by atoms with E-state index in [1.165, 1.54) is 29.9 Å². The van der Waals surface area contributed by atoms with E-state index in [9.17, 15) is 0 Å². The average molecular weight is 258 g/mol. The molecule has 0 saturated carbocycles. The van der Waals surface area contributed by atoms with Gasteiger partial charge in [-0.2, -0.15) is 0 Å². The van der Waals surface area contributed by atoms with E-state index in [-0.39, 0.29) is 0 Å². The first-order chi connectivity index (χ1) is 7.72. The van der Waals surface area contributed by atoms with Crippen molar-refractivity contribution in [2.45, 2.75) is 37.1 Å². The Labute approximate surface area is 108 Å².